The molecule has 0 bridgehead atoms. The number of hydrogen-bond donors (Lipinski definition) is 1. The third-order valence-electron chi connectivity index (χ3n) is 5.08. The van der Waals surface area contributed by atoms with E-state index in [1.807, 2.05) is 0 Å². The van der Waals surface area contributed by atoms with E-state index in [1.54, 1.807) is 19.0 Å². The predicted molar refractivity (Wildman–Crippen MR) is 104 cm³/mol. The van der Waals surface area contributed by atoms with Crippen molar-refractivity contribution in [2.24, 2.45) is 20.0 Å². The molecular formula is C18H24N6O4. The van der Waals surface area contributed by atoms with E-state index in [0.717, 1.165) is 4.57 Å². The van der Waals surface area contributed by atoms with Crippen LogP contribution in [0.2, 0.25) is 0 Å². The lowest BCUT2D eigenvalue weighted by Crippen LogP contribution is -2.45. The summed E-state index contributed by atoms with van der Waals surface area (Å²) in [4.78, 5) is 56.3. The van der Waals surface area contributed by atoms with Crippen LogP contribution in [0.15, 0.2) is 21.9 Å². The lowest BCUT2D eigenvalue weighted by atomic mass is 9.96. The molecule has 10 nitrogen and oxygen atoms in total. The molecule has 2 aromatic heterocycles. The summed E-state index contributed by atoms with van der Waals surface area (Å²) >= 11 is 0. The van der Waals surface area contributed by atoms with Crippen LogP contribution in [0.3, 0.4) is 0 Å². The molecule has 1 aliphatic heterocycles. The number of aromatic nitrogens is 3. The van der Waals surface area contributed by atoms with Gasteiger partial charge in [-0.3, -0.25) is 18.7 Å². The van der Waals surface area contributed by atoms with Gasteiger partial charge in [0.05, 0.1) is 17.3 Å². The first kappa shape index (κ1) is 19.6. The second-order valence-electron chi connectivity index (χ2n) is 7.23. The van der Waals surface area contributed by atoms with Crippen molar-refractivity contribution in [3.05, 3.63) is 33.1 Å². The zero-order valence-corrected chi connectivity index (χ0v) is 16.4. The number of fused-ring (bicyclic) bond motifs is 1. The summed E-state index contributed by atoms with van der Waals surface area (Å²) in [6.45, 7) is 1.04. The molecule has 0 radical (unpaired) electrons. The Hall–Kier alpha value is -3.17. The molecule has 2 aromatic rings. The quantitative estimate of drug-likeness (QED) is 0.777. The van der Waals surface area contributed by atoms with Gasteiger partial charge in [0.1, 0.15) is 5.65 Å². The van der Waals surface area contributed by atoms with Crippen LogP contribution in [0.1, 0.15) is 12.8 Å². The molecule has 10 heteroatoms. The number of piperidine rings is 1. The number of aryl methyl sites for hydroxylation is 1. The monoisotopic (exact) mass is 388 g/mol. The lowest BCUT2D eigenvalue weighted by Gasteiger charge is -2.33. The molecule has 1 aliphatic rings. The molecule has 0 unspecified atom stereocenters. The van der Waals surface area contributed by atoms with Crippen LogP contribution in [0.5, 0.6) is 0 Å². The van der Waals surface area contributed by atoms with Crippen molar-refractivity contribution in [1.82, 2.24) is 23.9 Å². The smallest absolute Gasteiger partial charge is 0.331 e. The number of carbonyl (C=O) groups is 2. The average molecular weight is 388 g/mol. The first-order valence-corrected chi connectivity index (χ1v) is 9.03. The summed E-state index contributed by atoms with van der Waals surface area (Å²) in [5.41, 5.74) is -0.250. The number of nitrogens with one attached hydrogen (secondary N) is 1. The average Bonchev–Trinajstić information content (AvgIpc) is 2.70. The van der Waals surface area contributed by atoms with Gasteiger partial charge in [-0.1, -0.05) is 0 Å². The normalized spacial score (nSPS) is 14.9. The molecule has 0 atom stereocenters. The summed E-state index contributed by atoms with van der Waals surface area (Å²) in [5.74, 6) is -0.385. The maximum Gasteiger partial charge on any atom is 0.332 e. The van der Waals surface area contributed by atoms with Crippen molar-refractivity contribution in [3.8, 4) is 0 Å². The highest BCUT2D eigenvalue weighted by atomic mass is 16.2. The Morgan fingerprint density at radius 2 is 1.79 bits per heavy atom. The Labute approximate surface area is 161 Å². The summed E-state index contributed by atoms with van der Waals surface area (Å²) in [7, 11) is 6.35. The Morgan fingerprint density at radius 1 is 1.14 bits per heavy atom. The van der Waals surface area contributed by atoms with Crippen molar-refractivity contribution in [2.75, 3.05) is 32.5 Å². The molecule has 0 saturated carbocycles. The minimum absolute atomic E-state index is 0.0564. The Bertz CT molecular complexity index is 1050. The predicted octanol–water partition coefficient (Wildman–Crippen LogP) is -0.0357. The molecule has 3 heterocycles. The van der Waals surface area contributed by atoms with Gasteiger partial charge < -0.3 is 15.1 Å². The van der Waals surface area contributed by atoms with Crippen molar-refractivity contribution >= 4 is 28.7 Å². The van der Waals surface area contributed by atoms with Gasteiger partial charge in [0, 0.05) is 47.2 Å². The fraction of sp³-hybridized carbons (Fsp3) is 0.500. The Morgan fingerprint density at radius 3 is 2.39 bits per heavy atom. The summed E-state index contributed by atoms with van der Waals surface area (Å²) in [6, 6.07) is 1.48. The third kappa shape index (κ3) is 3.49. The van der Waals surface area contributed by atoms with Gasteiger partial charge in [0.2, 0.25) is 5.91 Å². The molecule has 0 aliphatic carbocycles. The number of hydrogen-bond acceptors (Lipinski definition) is 5. The molecule has 1 saturated heterocycles. The molecule has 3 amide bonds. The Balaban J connectivity index is 1.75. The van der Waals surface area contributed by atoms with Gasteiger partial charge >= 0.3 is 11.7 Å². The lowest BCUT2D eigenvalue weighted by molar-refractivity contribution is -0.121. The molecule has 3 rings (SSSR count). The summed E-state index contributed by atoms with van der Waals surface area (Å²) < 4.78 is 2.30. The van der Waals surface area contributed by atoms with Crippen molar-refractivity contribution < 1.29 is 9.59 Å². The van der Waals surface area contributed by atoms with Gasteiger partial charge in [-0.15, -0.1) is 0 Å². The molecule has 0 aromatic carbocycles. The second-order valence-corrected chi connectivity index (χ2v) is 7.23. The Kier molecular flexibility index (Phi) is 5.21. The number of pyridine rings is 1. The van der Waals surface area contributed by atoms with Crippen LogP contribution in [0, 0.1) is 5.92 Å². The maximum atomic E-state index is 12.6. The van der Waals surface area contributed by atoms with Gasteiger partial charge in [-0.25, -0.2) is 14.6 Å². The number of likely N-dealkylation sites (tertiary alicyclic amines) is 1. The highest BCUT2D eigenvalue weighted by Gasteiger charge is 2.28. The van der Waals surface area contributed by atoms with E-state index in [9.17, 15) is 19.2 Å². The van der Waals surface area contributed by atoms with E-state index in [0.29, 0.717) is 31.6 Å². The summed E-state index contributed by atoms with van der Waals surface area (Å²) in [5, 5.41) is 3.06. The molecule has 0 spiro atoms. The van der Waals surface area contributed by atoms with E-state index < -0.39 is 11.2 Å². The van der Waals surface area contributed by atoms with Crippen LogP contribution in [-0.2, 0) is 18.9 Å². The van der Waals surface area contributed by atoms with E-state index in [2.05, 4.69) is 10.3 Å². The van der Waals surface area contributed by atoms with Crippen LogP contribution < -0.4 is 16.6 Å². The number of anilines is 1. The number of amides is 3. The molecule has 28 heavy (non-hydrogen) atoms. The number of urea groups is 1. The van der Waals surface area contributed by atoms with Gasteiger partial charge in [-0.05, 0) is 18.9 Å². The van der Waals surface area contributed by atoms with E-state index in [1.165, 1.54) is 35.8 Å². The fourth-order valence-electron chi connectivity index (χ4n) is 3.39. The van der Waals surface area contributed by atoms with Crippen LogP contribution in [0.4, 0.5) is 10.5 Å². The van der Waals surface area contributed by atoms with Crippen LogP contribution >= 0.6 is 0 Å². The zero-order chi connectivity index (χ0) is 20.6. The van der Waals surface area contributed by atoms with Crippen LogP contribution in [0.25, 0.3) is 11.0 Å². The topological polar surface area (TPSA) is 110 Å². The number of nitrogens with zero attached hydrogens (tertiary/aromatic N) is 5. The van der Waals surface area contributed by atoms with Crippen molar-refractivity contribution in [2.45, 2.75) is 12.8 Å². The van der Waals surface area contributed by atoms with Gasteiger partial charge in [0.15, 0.2) is 0 Å². The number of rotatable bonds is 2. The number of carbonyl (C=O) groups excluding carboxylic acids is 2. The van der Waals surface area contributed by atoms with Crippen molar-refractivity contribution in [1.29, 1.82) is 0 Å². The molecule has 1 N–H and O–H groups in total. The maximum absolute atomic E-state index is 12.6. The minimum Gasteiger partial charge on any atom is -0.331 e. The van der Waals surface area contributed by atoms with E-state index in [4.69, 9.17) is 0 Å². The fourth-order valence-corrected chi connectivity index (χ4v) is 3.39. The summed E-state index contributed by atoms with van der Waals surface area (Å²) in [6.07, 6.45) is 2.58. The highest BCUT2D eigenvalue weighted by molar-refractivity contribution is 5.94. The van der Waals surface area contributed by atoms with Gasteiger partial charge in [-0.2, -0.15) is 0 Å². The molecule has 150 valence electrons. The first-order valence-electron chi connectivity index (χ1n) is 9.03. The third-order valence-corrected chi connectivity index (χ3v) is 5.08. The van der Waals surface area contributed by atoms with E-state index >= 15 is 0 Å². The molecular weight excluding hydrogens is 364 g/mol. The SMILES string of the molecule is CN(C)C(=O)N1CCC(C(=O)Nc2cnc3c(c2)c(=O)n(C)c(=O)n3C)CC1. The van der Waals surface area contributed by atoms with Crippen LogP contribution in [-0.4, -0.2) is 63.0 Å². The van der Waals surface area contributed by atoms with Crippen molar-refractivity contribution in [3.63, 3.8) is 0 Å². The van der Waals surface area contributed by atoms with Gasteiger partial charge in [0.25, 0.3) is 5.56 Å². The molecule has 1 fully saturated rings. The highest BCUT2D eigenvalue weighted by Crippen LogP contribution is 2.20. The largest absolute Gasteiger partial charge is 0.332 e. The minimum atomic E-state index is -0.461. The standard InChI is InChI=1S/C18H24N6O4/c1-21(2)17(27)24-7-5-11(6-8-24)15(25)20-12-9-13-14(19-10-12)22(3)18(28)23(4)16(13)26/h9-11H,5-8H2,1-4H3,(H,20,25). The van der Waals surface area contributed by atoms with E-state index in [-0.39, 0.29) is 28.9 Å². The zero-order valence-electron chi connectivity index (χ0n) is 16.4. The second kappa shape index (κ2) is 7.45. The first-order chi connectivity index (χ1) is 13.2.